The van der Waals surface area contributed by atoms with Crippen molar-refractivity contribution in [1.29, 1.82) is 0 Å². The Morgan fingerprint density at radius 2 is 2.20 bits per heavy atom. The summed E-state index contributed by atoms with van der Waals surface area (Å²) in [5.74, 6) is 0. The zero-order chi connectivity index (χ0) is 14.7. The molecule has 0 bridgehead atoms. The molecule has 1 heterocycles. The third-order valence-electron chi connectivity index (χ3n) is 4.21. The van der Waals surface area contributed by atoms with Gasteiger partial charge in [0.15, 0.2) is 0 Å². The highest BCUT2D eigenvalue weighted by Gasteiger charge is 2.27. The van der Waals surface area contributed by atoms with Crippen LogP contribution in [0.25, 0.3) is 0 Å². The average molecular weight is 316 g/mol. The van der Waals surface area contributed by atoms with Crippen molar-refractivity contribution < 1.29 is 0 Å². The van der Waals surface area contributed by atoms with E-state index >= 15 is 0 Å². The van der Waals surface area contributed by atoms with Gasteiger partial charge in [-0.25, -0.2) is 0 Å². The molecule has 2 rings (SSSR count). The molecule has 1 aliphatic rings. The van der Waals surface area contributed by atoms with Gasteiger partial charge < -0.3 is 10.6 Å². The number of hydrogen-bond acceptors (Lipinski definition) is 3. The van der Waals surface area contributed by atoms with Crippen LogP contribution < -0.4 is 5.73 Å². The third kappa shape index (κ3) is 3.66. The van der Waals surface area contributed by atoms with Crippen LogP contribution in [0.15, 0.2) is 18.2 Å². The Kier molecular flexibility index (Phi) is 5.70. The molecule has 1 fully saturated rings. The Bertz CT molecular complexity index is 453. The summed E-state index contributed by atoms with van der Waals surface area (Å²) in [4.78, 5) is 4.74. The molecule has 1 aromatic carbocycles. The van der Waals surface area contributed by atoms with Gasteiger partial charge in [-0.05, 0) is 51.2 Å². The molecule has 0 amide bonds. The monoisotopic (exact) mass is 315 g/mol. The highest BCUT2D eigenvalue weighted by atomic mass is 35.5. The van der Waals surface area contributed by atoms with Crippen LogP contribution in [0.4, 0.5) is 0 Å². The summed E-state index contributed by atoms with van der Waals surface area (Å²) in [7, 11) is 4.32. The lowest BCUT2D eigenvalue weighted by Crippen LogP contribution is -2.47. The summed E-state index contributed by atoms with van der Waals surface area (Å²) < 4.78 is 0. The molecule has 112 valence electrons. The van der Waals surface area contributed by atoms with Crippen molar-refractivity contribution in [2.24, 2.45) is 5.73 Å². The molecule has 0 aliphatic carbocycles. The molecule has 1 saturated heterocycles. The van der Waals surface area contributed by atoms with Crippen molar-refractivity contribution in [3.05, 3.63) is 33.8 Å². The normalized spacial score (nSPS) is 22.2. The second-order valence-corrected chi connectivity index (χ2v) is 6.48. The van der Waals surface area contributed by atoms with Crippen LogP contribution in [-0.2, 0) is 0 Å². The SMILES string of the molecule is CN1CCCC(N(C)C(CN)c2ccc(Cl)cc2Cl)C1. The lowest BCUT2D eigenvalue weighted by atomic mass is 9.99. The minimum atomic E-state index is 0.135. The first kappa shape index (κ1) is 16.1. The quantitative estimate of drug-likeness (QED) is 0.927. The Labute approximate surface area is 131 Å². The van der Waals surface area contributed by atoms with Gasteiger partial charge in [-0.2, -0.15) is 0 Å². The molecular formula is C15H23Cl2N3. The Morgan fingerprint density at radius 1 is 1.45 bits per heavy atom. The second kappa shape index (κ2) is 7.10. The van der Waals surface area contributed by atoms with Crippen LogP contribution in [0.2, 0.25) is 10.0 Å². The number of piperidine rings is 1. The van der Waals surface area contributed by atoms with E-state index in [4.69, 9.17) is 28.9 Å². The van der Waals surface area contributed by atoms with E-state index in [-0.39, 0.29) is 6.04 Å². The molecular weight excluding hydrogens is 293 g/mol. The number of nitrogens with two attached hydrogens (primary N) is 1. The lowest BCUT2D eigenvalue weighted by Gasteiger charge is -2.40. The van der Waals surface area contributed by atoms with Crippen LogP contribution >= 0.6 is 23.2 Å². The van der Waals surface area contributed by atoms with E-state index in [0.29, 0.717) is 22.6 Å². The van der Waals surface area contributed by atoms with E-state index in [2.05, 4.69) is 23.9 Å². The van der Waals surface area contributed by atoms with E-state index in [0.717, 1.165) is 12.1 Å². The zero-order valence-electron chi connectivity index (χ0n) is 12.1. The van der Waals surface area contributed by atoms with Gasteiger partial charge in [0.25, 0.3) is 0 Å². The van der Waals surface area contributed by atoms with Gasteiger partial charge in [-0.1, -0.05) is 29.3 Å². The van der Waals surface area contributed by atoms with Crippen LogP contribution in [0, 0.1) is 0 Å². The molecule has 20 heavy (non-hydrogen) atoms. The van der Waals surface area contributed by atoms with E-state index in [1.165, 1.54) is 19.4 Å². The number of benzene rings is 1. The minimum Gasteiger partial charge on any atom is -0.329 e. The van der Waals surface area contributed by atoms with Crippen LogP contribution in [0.3, 0.4) is 0 Å². The predicted molar refractivity (Wildman–Crippen MR) is 86.5 cm³/mol. The number of nitrogens with zero attached hydrogens (tertiary/aromatic N) is 2. The van der Waals surface area contributed by atoms with Crippen LogP contribution in [0.5, 0.6) is 0 Å². The van der Waals surface area contributed by atoms with Crippen molar-refractivity contribution in [3.8, 4) is 0 Å². The van der Waals surface area contributed by atoms with Gasteiger partial charge in [0.05, 0.1) is 0 Å². The summed E-state index contributed by atoms with van der Waals surface area (Å²) in [5.41, 5.74) is 7.07. The van der Waals surface area contributed by atoms with Gasteiger partial charge in [0.1, 0.15) is 0 Å². The molecule has 3 nitrogen and oxygen atoms in total. The molecule has 1 aromatic rings. The summed E-state index contributed by atoms with van der Waals surface area (Å²) in [6.07, 6.45) is 2.44. The summed E-state index contributed by atoms with van der Waals surface area (Å²) >= 11 is 12.3. The predicted octanol–water partition coefficient (Wildman–Crippen LogP) is 3.02. The molecule has 0 saturated carbocycles. The first-order valence-electron chi connectivity index (χ1n) is 7.08. The van der Waals surface area contributed by atoms with Gasteiger partial charge in [-0.3, -0.25) is 4.90 Å². The Hall–Kier alpha value is -0.320. The van der Waals surface area contributed by atoms with Gasteiger partial charge in [-0.15, -0.1) is 0 Å². The van der Waals surface area contributed by atoms with E-state index in [9.17, 15) is 0 Å². The maximum atomic E-state index is 6.34. The Morgan fingerprint density at radius 3 is 2.80 bits per heavy atom. The topological polar surface area (TPSA) is 32.5 Å². The highest BCUT2D eigenvalue weighted by molar-refractivity contribution is 6.35. The summed E-state index contributed by atoms with van der Waals surface area (Å²) in [6.45, 7) is 2.82. The maximum absolute atomic E-state index is 6.34. The molecule has 5 heteroatoms. The molecule has 2 atom stereocenters. The standard InChI is InChI=1S/C15H23Cl2N3/c1-19-7-3-4-12(10-19)20(2)15(9-18)13-6-5-11(16)8-14(13)17/h5-6,8,12,15H,3-4,7,9-10,18H2,1-2H3. The van der Waals surface area contributed by atoms with Crippen molar-refractivity contribution in [2.75, 3.05) is 33.7 Å². The molecule has 0 radical (unpaired) electrons. The number of hydrogen-bond donors (Lipinski definition) is 1. The number of rotatable bonds is 4. The van der Waals surface area contributed by atoms with E-state index < -0.39 is 0 Å². The largest absolute Gasteiger partial charge is 0.329 e. The van der Waals surface area contributed by atoms with E-state index in [1.54, 1.807) is 6.07 Å². The summed E-state index contributed by atoms with van der Waals surface area (Å²) in [6, 6.07) is 6.32. The van der Waals surface area contributed by atoms with Crippen molar-refractivity contribution in [1.82, 2.24) is 9.80 Å². The first-order valence-corrected chi connectivity index (χ1v) is 7.84. The minimum absolute atomic E-state index is 0.135. The van der Waals surface area contributed by atoms with Gasteiger partial charge in [0, 0.05) is 35.2 Å². The molecule has 2 N–H and O–H groups in total. The Balaban J connectivity index is 2.18. The average Bonchev–Trinajstić information content (AvgIpc) is 2.41. The van der Waals surface area contributed by atoms with Crippen molar-refractivity contribution >= 4 is 23.2 Å². The van der Waals surface area contributed by atoms with Crippen molar-refractivity contribution in [3.63, 3.8) is 0 Å². The van der Waals surface area contributed by atoms with Crippen molar-refractivity contribution in [2.45, 2.75) is 24.9 Å². The fraction of sp³-hybridized carbons (Fsp3) is 0.600. The number of halogens is 2. The smallest absolute Gasteiger partial charge is 0.0485 e. The molecule has 0 spiro atoms. The van der Waals surface area contributed by atoms with Gasteiger partial charge >= 0.3 is 0 Å². The fourth-order valence-electron chi connectivity index (χ4n) is 3.01. The van der Waals surface area contributed by atoms with Gasteiger partial charge in [0.2, 0.25) is 0 Å². The highest BCUT2D eigenvalue weighted by Crippen LogP contribution is 2.31. The fourth-order valence-corrected chi connectivity index (χ4v) is 3.54. The molecule has 1 aliphatic heterocycles. The maximum Gasteiger partial charge on any atom is 0.0485 e. The molecule has 2 unspecified atom stereocenters. The second-order valence-electron chi connectivity index (χ2n) is 5.64. The van der Waals surface area contributed by atoms with E-state index in [1.807, 2.05) is 12.1 Å². The van der Waals surface area contributed by atoms with Crippen LogP contribution in [0.1, 0.15) is 24.4 Å². The third-order valence-corrected chi connectivity index (χ3v) is 4.77. The number of likely N-dealkylation sites (tertiary alicyclic amines) is 1. The zero-order valence-corrected chi connectivity index (χ0v) is 13.7. The van der Waals surface area contributed by atoms with Crippen LogP contribution in [-0.4, -0.2) is 49.6 Å². The summed E-state index contributed by atoms with van der Waals surface area (Å²) in [5, 5.41) is 1.36. The lowest BCUT2D eigenvalue weighted by molar-refractivity contribution is 0.101. The first-order chi connectivity index (χ1) is 9.52. The molecule has 0 aromatic heterocycles. The number of likely N-dealkylation sites (N-methyl/N-ethyl adjacent to an activating group) is 2.